The molecule has 1 amide bonds. The Bertz CT molecular complexity index is 678. The van der Waals surface area contributed by atoms with Crippen molar-refractivity contribution >= 4 is 27.5 Å². The minimum absolute atomic E-state index is 0.0205. The van der Waals surface area contributed by atoms with E-state index in [0.29, 0.717) is 24.0 Å². The molecule has 2 unspecified atom stereocenters. The number of nitrogens with two attached hydrogens (primary N) is 1. The van der Waals surface area contributed by atoms with Gasteiger partial charge in [0.25, 0.3) is 0 Å². The van der Waals surface area contributed by atoms with Crippen molar-refractivity contribution in [2.24, 2.45) is 11.7 Å². The van der Waals surface area contributed by atoms with E-state index in [0.717, 1.165) is 17.1 Å². The molecular formula is C16H24ClN3O3S. The summed E-state index contributed by atoms with van der Waals surface area (Å²) in [7, 11) is -2.32. The Morgan fingerprint density at radius 1 is 1.38 bits per heavy atom. The van der Waals surface area contributed by atoms with Gasteiger partial charge in [-0.15, -0.1) is 0 Å². The second-order valence-electron chi connectivity index (χ2n) is 6.32. The van der Waals surface area contributed by atoms with Gasteiger partial charge in [0.1, 0.15) is 0 Å². The minimum atomic E-state index is -3.73. The van der Waals surface area contributed by atoms with Gasteiger partial charge in [0.05, 0.1) is 11.4 Å². The number of rotatable bonds is 5. The summed E-state index contributed by atoms with van der Waals surface area (Å²) in [6.45, 7) is 2.96. The number of nitrogens with zero attached hydrogens (tertiary/aromatic N) is 2. The highest BCUT2D eigenvalue weighted by Crippen LogP contribution is 2.23. The molecule has 1 aromatic carbocycles. The lowest BCUT2D eigenvalue weighted by Gasteiger charge is -2.38. The van der Waals surface area contributed by atoms with Gasteiger partial charge >= 0.3 is 0 Å². The normalized spacial score (nSPS) is 22.0. The maximum absolute atomic E-state index is 12.6. The number of likely N-dealkylation sites (N-methyl/N-ethyl adjacent to an activating group) is 1. The van der Waals surface area contributed by atoms with E-state index in [2.05, 4.69) is 6.92 Å². The maximum Gasteiger partial charge on any atom is 0.243 e. The van der Waals surface area contributed by atoms with Crippen LogP contribution in [-0.2, 0) is 14.8 Å². The van der Waals surface area contributed by atoms with Gasteiger partial charge < -0.3 is 10.6 Å². The van der Waals surface area contributed by atoms with Gasteiger partial charge in [0.2, 0.25) is 15.9 Å². The molecule has 134 valence electrons. The predicted octanol–water partition coefficient (Wildman–Crippen LogP) is 1.55. The van der Waals surface area contributed by atoms with E-state index in [4.69, 9.17) is 17.3 Å². The second kappa shape index (κ2) is 7.82. The van der Waals surface area contributed by atoms with Crippen molar-refractivity contribution in [3.8, 4) is 0 Å². The lowest BCUT2D eigenvalue weighted by Crippen LogP contribution is -2.52. The number of benzene rings is 1. The van der Waals surface area contributed by atoms with Crippen LogP contribution in [0.5, 0.6) is 0 Å². The van der Waals surface area contributed by atoms with Crippen molar-refractivity contribution in [3.05, 3.63) is 29.3 Å². The lowest BCUT2D eigenvalue weighted by atomic mass is 9.92. The highest BCUT2D eigenvalue weighted by Gasteiger charge is 2.31. The Labute approximate surface area is 148 Å². The number of carbonyl (C=O) groups excluding carboxylic acids is 1. The van der Waals surface area contributed by atoms with E-state index < -0.39 is 10.0 Å². The highest BCUT2D eigenvalue weighted by atomic mass is 35.5. The fourth-order valence-corrected chi connectivity index (χ4v) is 4.20. The van der Waals surface area contributed by atoms with E-state index >= 15 is 0 Å². The van der Waals surface area contributed by atoms with E-state index in [1.807, 2.05) is 0 Å². The molecule has 0 aliphatic carbocycles. The molecule has 1 fully saturated rings. The monoisotopic (exact) mass is 373 g/mol. The second-order valence-corrected chi connectivity index (χ2v) is 8.80. The molecular weight excluding hydrogens is 350 g/mol. The molecule has 24 heavy (non-hydrogen) atoms. The summed E-state index contributed by atoms with van der Waals surface area (Å²) in [6, 6.07) is 5.88. The summed E-state index contributed by atoms with van der Waals surface area (Å²) in [5.74, 6) is 0.315. The Morgan fingerprint density at radius 2 is 2.00 bits per heavy atom. The summed E-state index contributed by atoms with van der Waals surface area (Å²) in [6.07, 6.45) is 1.77. The number of hydrogen-bond donors (Lipinski definition) is 1. The molecule has 2 N–H and O–H groups in total. The van der Waals surface area contributed by atoms with Gasteiger partial charge in [-0.2, -0.15) is 4.31 Å². The van der Waals surface area contributed by atoms with Crippen molar-refractivity contribution in [3.63, 3.8) is 0 Å². The molecule has 0 saturated carbocycles. The molecule has 0 spiro atoms. The van der Waals surface area contributed by atoms with Gasteiger partial charge in [-0.05, 0) is 43.0 Å². The van der Waals surface area contributed by atoms with Crippen LogP contribution in [0.15, 0.2) is 29.2 Å². The van der Waals surface area contributed by atoms with Crippen LogP contribution in [0, 0.1) is 5.92 Å². The van der Waals surface area contributed by atoms with Gasteiger partial charge in [-0.1, -0.05) is 18.5 Å². The molecule has 2 rings (SSSR count). The zero-order valence-corrected chi connectivity index (χ0v) is 15.6. The molecule has 1 aromatic rings. The van der Waals surface area contributed by atoms with E-state index in [1.165, 1.54) is 31.3 Å². The molecule has 1 saturated heterocycles. The molecule has 6 nitrogen and oxygen atoms in total. The minimum Gasteiger partial charge on any atom is -0.337 e. The Kier molecular flexibility index (Phi) is 6.25. The number of halogens is 1. The maximum atomic E-state index is 12.6. The van der Waals surface area contributed by atoms with Crippen molar-refractivity contribution in [1.82, 2.24) is 9.21 Å². The molecule has 0 radical (unpaired) electrons. The third-order valence-electron chi connectivity index (χ3n) is 4.45. The van der Waals surface area contributed by atoms with Crippen LogP contribution in [0.25, 0.3) is 0 Å². The molecule has 1 aliphatic heterocycles. The van der Waals surface area contributed by atoms with Gasteiger partial charge in [-0.25, -0.2) is 8.42 Å². The Morgan fingerprint density at radius 3 is 2.58 bits per heavy atom. The van der Waals surface area contributed by atoms with Crippen LogP contribution < -0.4 is 5.73 Å². The van der Waals surface area contributed by atoms with Crippen LogP contribution in [0.4, 0.5) is 0 Å². The highest BCUT2D eigenvalue weighted by molar-refractivity contribution is 7.89. The van der Waals surface area contributed by atoms with Crippen molar-refractivity contribution in [2.75, 3.05) is 26.7 Å². The molecule has 0 bridgehead atoms. The number of amides is 1. The zero-order valence-electron chi connectivity index (χ0n) is 14.0. The van der Waals surface area contributed by atoms with E-state index in [9.17, 15) is 13.2 Å². The molecule has 1 heterocycles. The van der Waals surface area contributed by atoms with Crippen molar-refractivity contribution in [2.45, 2.75) is 30.7 Å². The molecule has 8 heteroatoms. The molecule has 1 aliphatic rings. The lowest BCUT2D eigenvalue weighted by molar-refractivity contribution is -0.135. The summed E-state index contributed by atoms with van der Waals surface area (Å²) >= 11 is 5.79. The average Bonchev–Trinajstić information content (AvgIpc) is 2.54. The number of sulfonamides is 1. The first-order valence-electron chi connectivity index (χ1n) is 7.97. The SMILES string of the molecule is CC1CCN(C(=O)CN(C)S(=O)(=O)c2ccc(Cl)cc2)C(CN)C1. The number of hydrogen-bond acceptors (Lipinski definition) is 4. The Balaban J connectivity index is 2.09. The van der Waals surface area contributed by atoms with E-state index in [-0.39, 0.29) is 23.4 Å². The first-order chi connectivity index (χ1) is 11.3. The topological polar surface area (TPSA) is 83.7 Å². The van der Waals surface area contributed by atoms with Gasteiger partial charge in [0, 0.05) is 31.2 Å². The largest absolute Gasteiger partial charge is 0.337 e. The number of piperidine rings is 1. The first kappa shape index (κ1) is 19.2. The number of carbonyl (C=O) groups is 1. The fourth-order valence-electron chi connectivity index (χ4n) is 2.96. The third-order valence-corrected chi connectivity index (χ3v) is 6.52. The average molecular weight is 374 g/mol. The first-order valence-corrected chi connectivity index (χ1v) is 9.79. The summed E-state index contributed by atoms with van der Waals surface area (Å²) in [4.78, 5) is 14.4. The van der Waals surface area contributed by atoms with Crippen molar-refractivity contribution in [1.29, 1.82) is 0 Å². The van der Waals surface area contributed by atoms with Gasteiger partial charge in [0.15, 0.2) is 0 Å². The van der Waals surface area contributed by atoms with Crippen molar-refractivity contribution < 1.29 is 13.2 Å². The summed E-state index contributed by atoms with van der Waals surface area (Å²) in [5.41, 5.74) is 5.78. The smallest absolute Gasteiger partial charge is 0.243 e. The quantitative estimate of drug-likeness (QED) is 0.848. The zero-order chi connectivity index (χ0) is 17.9. The van der Waals surface area contributed by atoms with Crippen LogP contribution in [0.2, 0.25) is 5.02 Å². The Hall–Kier alpha value is -1.15. The van der Waals surface area contributed by atoms with Crippen LogP contribution in [-0.4, -0.2) is 56.3 Å². The van der Waals surface area contributed by atoms with Crippen LogP contribution in [0.1, 0.15) is 19.8 Å². The van der Waals surface area contributed by atoms with Crippen LogP contribution in [0.3, 0.4) is 0 Å². The molecule has 2 atom stereocenters. The van der Waals surface area contributed by atoms with Gasteiger partial charge in [-0.3, -0.25) is 4.79 Å². The molecule has 0 aromatic heterocycles. The fraction of sp³-hybridized carbons (Fsp3) is 0.562. The predicted molar refractivity (Wildman–Crippen MR) is 94.2 cm³/mol. The number of likely N-dealkylation sites (tertiary alicyclic amines) is 1. The van der Waals surface area contributed by atoms with E-state index in [1.54, 1.807) is 4.90 Å². The standard InChI is InChI=1S/C16H24ClN3O3S/c1-12-7-8-20(14(9-12)10-18)16(21)11-19(2)24(22,23)15-5-3-13(17)4-6-15/h3-6,12,14H,7-11,18H2,1-2H3. The summed E-state index contributed by atoms with van der Waals surface area (Å²) < 4.78 is 26.2. The van der Waals surface area contributed by atoms with Crippen LogP contribution >= 0.6 is 11.6 Å². The third kappa shape index (κ3) is 4.27. The summed E-state index contributed by atoms with van der Waals surface area (Å²) in [5, 5.41) is 0.459.